The molecular formula is C22H38O2. The normalized spacial score (nSPS) is 7.75. The summed E-state index contributed by atoms with van der Waals surface area (Å²) in [7, 11) is 3.32. The van der Waals surface area contributed by atoms with E-state index < -0.39 is 0 Å². The molecular weight excluding hydrogens is 296 g/mol. The number of ether oxygens (including phenoxy) is 2. The van der Waals surface area contributed by atoms with Crippen LogP contribution < -0.4 is 9.47 Å². The molecule has 2 nitrogen and oxygen atoms in total. The molecule has 2 heteroatoms. The lowest BCUT2D eigenvalue weighted by molar-refractivity contribution is 0.414. The summed E-state index contributed by atoms with van der Waals surface area (Å²) >= 11 is 0. The smallest absolute Gasteiger partial charge is 0.118 e. The van der Waals surface area contributed by atoms with Gasteiger partial charge in [0, 0.05) is 0 Å². The minimum absolute atomic E-state index is 0.833. The van der Waals surface area contributed by atoms with Gasteiger partial charge >= 0.3 is 0 Å². The molecule has 0 atom stereocenters. The van der Waals surface area contributed by atoms with Crippen molar-refractivity contribution in [1.29, 1.82) is 0 Å². The molecule has 0 spiro atoms. The lowest BCUT2D eigenvalue weighted by atomic mass is 10.3. The third-order valence-corrected chi connectivity index (χ3v) is 1.96. The Bertz CT molecular complexity index is 368. The molecule has 0 N–H and O–H groups in total. The largest absolute Gasteiger partial charge is 0.497 e. The Morgan fingerprint density at radius 3 is 0.875 bits per heavy atom. The van der Waals surface area contributed by atoms with Crippen molar-refractivity contribution in [3.05, 3.63) is 60.7 Å². The van der Waals surface area contributed by atoms with Crippen molar-refractivity contribution < 1.29 is 9.47 Å². The highest BCUT2D eigenvalue weighted by Gasteiger charge is 1.80. The minimum Gasteiger partial charge on any atom is -0.497 e. The average Bonchev–Trinajstić information content (AvgIpc) is 2.66. The molecule has 0 aliphatic rings. The molecule has 0 heterocycles. The van der Waals surface area contributed by atoms with Gasteiger partial charge in [-0.3, -0.25) is 0 Å². The van der Waals surface area contributed by atoms with Gasteiger partial charge in [0.05, 0.1) is 14.2 Å². The van der Waals surface area contributed by atoms with Crippen LogP contribution in [0.4, 0.5) is 0 Å². The summed E-state index contributed by atoms with van der Waals surface area (Å²) in [5.41, 5.74) is 0. The molecule has 0 unspecified atom stereocenters. The first kappa shape index (κ1) is 26.9. The molecule has 0 saturated carbocycles. The van der Waals surface area contributed by atoms with E-state index in [-0.39, 0.29) is 0 Å². The molecule has 24 heavy (non-hydrogen) atoms. The Balaban J connectivity index is -0.000000261. The van der Waals surface area contributed by atoms with E-state index in [0.29, 0.717) is 0 Å². The van der Waals surface area contributed by atoms with Gasteiger partial charge in [-0.2, -0.15) is 0 Å². The highest BCUT2D eigenvalue weighted by Crippen LogP contribution is 2.06. The number of rotatable bonds is 2. The highest BCUT2D eigenvalue weighted by atomic mass is 16.5. The Kier molecular flexibility index (Phi) is 26.1. The van der Waals surface area contributed by atoms with Crippen LogP contribution in [-0.2, 0) is 0 Å². The van der Waals surface area contributed by atoms with Gasteiger partial charge in [-0.25, -0.2) is 0 Å². The highest BCUT2D eigenvalue weighted by molar-refractivity contribution is 5.21. The van der Waals surface area contributed by atoms with Crippen LogP contribution in [0, 0.1) is 5.92 Å². The van der Waals surface area contributed by atoms with Crippen molar-refractivity contribution >= 4 is 0 Å². The van der Waals surface area contributed by atoms with Crippen LogP contribution in [-0.4, -0.2) is 14.2 Å². The molecule has 138 valence electrons. The fraction of sp³-hybridized carbons (Fsp3) is 0.455. The number of hydrogen-bond acceptors (Lipinski definition) is 2. The molecule has 0 bridgehead atoms. The van der Waals surface area contributed by atoms with Crippen molar-refractivity contribution in [2.24, 2.45) is 5.92 Å². The summed E-state index contributed by atoms with van der Waals surface area (Å²) in [6.45, 7) is 14.5. The van der Waals surface area contributed by atoms with Gasteiger partial charge in [-0.15, -0.1) is 0 Å². The molecule has 0 aliphatic carbocycles. The summed E-state index contributed by atoms with van der Waals surface area (Å²) in [5.74, 6) is 2.65. The summed E-state index contributed by atoms with van der Waals surface area (Å²) in [6.07, 6.45) is 0. The minimum atomic E-state index is 0.833. The average molecular weight is 335 g/mol. The lowest BCUT2D eigenvalue weighted by Crippen LogP contribution is -1.78. The van der Waals surface area contributed by atoms with Crippen molar-refractivity contribution in [3.8, 4) is 11.5 Å². The maximum atomic E-state index is 4.91. The summed E-state index contributed by atoms with van der Waals surface area (Å²) in [4.78, 5) is 0. The van der Waals surface area contributed by atoms with E-state index in [0.717, 1.165) is 17.4 Å². The van der Waals surface area contributed by atoms with Gasteiger partial charge in [0.15, 0.2) is 0 Å². The predicted octanol–water partition coefficient (Wildman–Crippen LogP) is 7.11. The Hall–Kier alpha value is -1.96. The molecule has 0 aliphatic heterocycles. The van der Waals surface area contributed by atoms with Crippen LogP contribution in [0.3, 0.4) is 0 Å². The topological polar surface area (TPSA) is 18.5 Å². The maximum Gasteiger partial charge on any atom is 0.118 e. The third kappa shape index (κ3) is 22.3. The number of methoxy groups -OCH3 is 2. The van der Waals surface area contributed by atoms with Gasteiger partial charge in [-0.05, 0) is 30.2 Å². The second-order valence-corrected chi connectivity index (χ2v) is 4.77. The van der Waals surface area contributed by atoms with E-state index in [2.05, 4.69) is 20.8 Å². The van der Waals surface area contributed by atoms with E-state index in [4.69, 9.17) is 9.47 Å². The van der Waals surface area contributed by atoms with Crippen LogP contribution in [0.15, 0.2) is 60.7 Å². The first-order chi connectivity index (χ1) is 11.6. The monoisotopic (exact) mass is 334 g/mol. The fourth-order valence-corrected chi connectivity index (χ4v) is 1.11. The maximum absolute atomic E-state index is 4.91. The van der Waals surface area contributed by atoms with Gasteiger partial charge in [-0.1, -0.05) is 84.9 Å². The van der Waals surface area contributed by atoms with E-state index >= 15 is 0 Å². The van der Waals surface area contributed by atoms with Crippen LogP contribution >= 0.6 is 0 Å². The van der Waals surface area contributed by atoms with Crippen molar-refractivity contribution in [2.75, 3.05) is 14.2 Å². The zero-order chi connectivity index (χ0) is 19.2. The zero-order valence-electron chi connectivity index (χ0n) is 17.2. The zero-order valence-corrected chi connectivity index (χ0v) is 17.2. The van der Waals surface area contributed by atoms with E-state index in [9.17, 15) is 0 Å². The van der Waals surface area contributed by atoms with Crippen LogP contribution in [0.25, 0.3) is 0 Å². The molecule has 0 radical (unpaired) electrons. The SMILES string of the molecule is CC.CC.CC(C)C.COc1ccccc1.COc1ccccc1. The van der Waals surface area contributed by atoms with E-state index in [1.165, 1.54) is 0 Å². The second kappa shape index (κ2) is 23.3. The fourth-order valence-electron chi connectivity index (χ4n) is 1.11. The third-order valence-electron chi connectivity index (χ3n) is 1.96. The number of para-hydroxylation sites is 2. The predicted molar refractivity (Wildman–Crippen MR) is 109 cm³/mol. The first-order valence-electron chi connectivity index (χ1n) is 8.78. The van der Waals surface area contributed by atoms with Crippen LogP contribution in [0.1, 0.15) is 48.5 Å². The molecule has 2 aromatic carbocycles. The quantitative estimate of drug-likeness (QED) is 0.583. The van der Waals surface area contributed by atoms with Crippen molar-refractivity contribution in [1.82, 2.24) is 0 Å². The van der Waals surface area contributed by atoms with Crippen LogP contribution in [0.2, 0.25) is 0 Å². The lowest BCUT2D eigenvalue weighted by Gasteiger charge is -1.93. The number of benzene rings is 2. The standard InChI is InChI=1S/2C7H8O.C4H10.2C2H6/c2*1-8-7-5-3-2-4-6-7;1-4(2)3;2*1-2/h2*2-6H,1H3;4H,1-3H3;2*1-2H3. The molecule has 0 fully saturated rings. The Morgan fingerprint density at radius 1 is 0.542 bits per heavy atom. The van der Waals surface area contributed by atoms with Gasteiger partial charge < -0.3 is 9.47 Å². The van der Waals surface area contributed by atoms with Crippen molar-refractivity contribution in [3.63, 3.8) is 0 Å². The van der Waals surface area contributed by atoms with E-state index in [1.807, 2.05) is 88.4 Å². The molecule has 0 amide bonds. The Labute approximate surface area is 150 Å². The first-order valence-corrected chi connectivity index (χ1v) is 8.78. The van der Waals surface area contributed by atoms with Gasteiger partial charge in [0.2, 0.25) is 0 Å². The molecule has 0 aromatic heterocycles. The molecule has 2 rings (SSSR count). The molecule has 0 saturated heterocycles. The number of hydrogen-bond donors (Lipinski definition) is 0. The summed E-state index contributed by atoms with van der Waals surface area (Å²) < 4.78 is 9.83. The summed E-state index contributed by atoms with van der Waals surface area (Å²) in [5, 5.41) is 0. The summed E-state index contributed by atoms with van der Waals surface area (Å²) in [6, 6.07) is 19.4. The van der Waals surface area contributed by atoms with Gasteiger partial charge in [0.1, 0.15) is 11.5 Å². The van der Waals surface area contributed by atoms with Crippen molar-refractivity contribution in [2.45, 2.75) is 48.5 Å². The van der Waals surface area contributed by atoms with E-state index in [1.54, 1.807) is 14.2 Å². The Morgan fingerprint density at radius 2 is 0.750 bits per heavy atom. The second-order valence-electron chi connectivity index (χ2n) is 4.77. The molecule has 2 aromatic rings. The van der Waals surface area contributed by atoms with Gasteiger partial charge in [0.25, 0.3) is 0 Å². The van der Waals surface area contributed by atoms with Crippen LogP contribution in [0.5, 0.6) is 11.5 Å².